The minimum absolute atomic E-state index is 0.251. The van der Waals surface area contributed by atoms with Gasteiger partial charge in [0, 0.05) is 12.7 Å². The molecule has 92 valence electrons. The summed E-state index contributed by atoms with van der Waals surface area (Å²) in [7, 11) is 0. The summed E-state index contributed by atoms with van der Waals surface area (Å²) in [5, 5.41) is 8.78. The number of likely N-dealkylation sites (tertiary alicyclic amines) is 1. The molecule has 4 heteroatoms. The largest absolute Gasteiger partial charge is 0.478 e. The van der Waals surface area contributed by atoms with Gasteiger partial charge in [0.25, 0.3) is 0 Å². The normalized spacial score (nSPS) is 18.2. The van der Waals surface area contributed by atoms with Gasteiger partial charge in [-0.1, -0.05) is 6.92 Å². The Balaban J connectivity index is 1.92. The van der Waals surface area contributed by atoms with E-state index in [0.29, 0.717) is 0 Å². The van der Waals surface area contributed by atoms with Crippen molar-refractivity contribution in [1.82, 2.24) is 9.88 Å². The highest BCUT2D eigenvalue weighted by molar-refractivity contribution is 5.87. The van der Waals surface area contributed by atoms with E-state index < -0.39 is 5.97 Å². The molecule has 1 aliphatic heterocycles. The number of carboxylic acid groups (broad SMARTS) is 1. The van der Waals surface area contributed by atoms with E-state index >= 15 is 0 Å². The molecule has 0 saturated carbocycles. The van der Waals surface area contributed by atoms with Gasteiger partial charge in [0.05, 0.1) is 11.3 Å². The second-order valence-corrected chi connectivity index (χ2v) is 4.80. The van der Waals surface area contributed by atoms with Gasteiger partial charge < -0.3 is 5.11 Å². The van der Waals surface area contributed by atoms with Crippen LogP contribution in [-0.2, 0) is 6.54 Å². The average Bonchev–Trinajstić information content (AvgIpc) is 2.33. The molecule has 2 rings (SSSR count). The molecule has 1 fully saturated rings. The summed E-state index contributed by atoms with van der Waals surface area (Å²) in [4.78, 5) is 17.3. The van der Waals surface area contributed by atoms with Gasteiger partial charge in [-0.15, -0.1) is 0 Å². The molecule has 0 radical (unpaired) electrons. The Morgan fingerprint density at radius 2 is 2.18 bits per heavy atom. The highest BCUT2D eigenvalue weighted by atomic mass is 16.4. The Bertz CT molecular complexity index is 381. The van der Waals surface area contributed by atoms with Crippen LogP contribution in [0.1, 0.15) is 35.8 Å². The molecule has 1 N–H and O–H groups in total. The molecule has 0 unspecified atom stereocenters. The van der Waals surface area contributed by atoms with Crippen molar-refractivity contribution in [3.8, 4) is 0 Å². The predicted octanol–water partition coefficient (Wildman–Crippen LogP) is 2.01. The molecule has 0 spiro atoms. The lowest BCUT2D eigenvalue weighted by Gasteiger charge is -2.29. The Hall–Kier alpha value is -1.42. The van der Waals surface area contributed by atoms with E-state index in [0.717, 1.165) is 31.2 Å². The average molecular weight is 234 g/mol. The first kappa shape index (κ1) is 12.0. The topological polar surface area (TPSA) is 53.4 Å². The number of aromatic carboxylic acids is 1. The summed E-state index contributed by atoms with van der Waals surface area (Å²) >= 11 is 0. The zero-order valence-corrected chi connectivity index (χ0v) is 10.1. The van der Waals surface area contributed by atoms with Crippen LogP contribution in [-0.4, -0.2) is 34.0 Å². The maximum Gasteiger partial charge on any atom is 0.337 e. The first-order chi connectivity index (χ1) is 8.15. The quantitative estimate of drug-likeness (QED) is 0.869. The van der Waals surface area contributed by atoms with Crippen molar-refractivity contribution in [2.24, 2.45) is 5.92 Å². The monoisotopic (exact) mass is 234 g/mol. The van der Waals surface area contributed by atoms with Gasteiger partial charge in [0.2, 0.25) is 0 Å². The third-order valence-corrected chi connectivity index (χ3v) is 3.33. The highest BCUT2D eigenvalue weighted by Gasteiger charge is 2.16. The van der Waals surface area contributed by atoms with Crippen molar-refractivity contribution in [3.05, 3.63) is 29.6 Å². The van der Waals surface area contributed by atoms with Crippen molar-refractivity contribution < 1.29 is 9.90 Å². The molecule has 0 bridgehead atoms. The fourth-order valence-corrected chi connectivity index (χ4v) is 2.09. The highest BCUT2D eigenvalue weighted by Crippen LogP contribution is 2.17. The SMILES string of the molecule is CC1CCN(Cc2ccc(C(=O)O)cn2)CC1. The lowest BCUT2D eigenvalue weighted by molar-refractivity contribution is 0.0696. The standard InChI is InChI=1S/C13H18N2O2/c1-10-4-6-15(7-5-10)9-12-3-2-11(8-14-12)13(16)17/h2-3,8,10H,4-7,9H2,1H3,(H,16,17). The molecule has 1 saturated heterocycles. The zero-order valence-electron chi connectivity index (χ0n) is 10.1. The molecule has 0 aliphatic carbocycles. The maximum absolute atomic E-state index is 10.7. The minimum atomic E-state index is -0.921. The fourth-order valence-electron chi connectivity index (χ4n) is 2.09. The molecule has 17 heavy (non-hydrogen) atoms. The summed E-state index contributed by atoms with van der Waals surface area (Å²) in [5.74, 6) is -0.0931. The Morgan fingerprint density at radius 3 is 2.71 bits per heavy atom. The van der Waals surface area contributed by atoms with E-state index in [4.69, 9.17) is 5.11 Å². The van der Waals surface area contributed by atoms with Gasteiger partial charge in [0.1, 0.15) is 0 Å². The van der Waals surface area contributed by atoms with Crippen LogP contribution in [0.3, 0.4) is 0 Å². The first-order valence-electron chi connectivity index (χ1n) is 6.05. The number of carboxylic acids is 1. The maximum atomic E-state index is 10.7. The number of aromatic nitrogens is 1. The zero-order chi connectivity index (χ0) is 12.3. The lowest BCUT2D eigenvalue weighted by atomic mass is 9.99. The van der Waals surface area contributed by atoms with Gasteiger partial charge in [-0.05, 0) is 44.0 Å². The molecule has 0 amide bonds. The Kier molecular flexibility index (Phi) is 3.74. The van der Waals surface area contributed by atoms with Crippen molar-refractivity contribution in [1.29, 1.82) is 0 Å². The van der Waals surface area contributed by atoms with E-state index in [2.05, 4.69) is 16.8 Å². The summed E-state index contributed by atoms with van der Waals surface area (Å²) in [6.45, 7) is 5.34. The number of hydrogen-bond donors (Lipinski definition) is 1. The van der Waals surface area contributed by atoms with Crippen LogP contribution in [0.5, 0.6) is 0 Å². The predicted molar refractivity (Wildman–Crippen MR) is 64.9 cm³/mol. The van der Waals surface area contributed by atoms with Crippen molar-refractivity contribution in [3.63, 3.8) is 0 Å². The van der Waals surface area contributed by atoms with E-state index in [9.17, 15) is 4.79 Å². The molecular weight excluding hydrogens is 216 g/mol. The molecule has 0 atom stereocenters. The van der Waals surface area contributed by atoms with Gasteiger partial charge in [-0.3, -0.25) is 9.88 Å². The summed E-state index contributed by atoms with van der Waals surface area (Å²) < 4.78 is 0. The van der Waals surface area contributed by atoms with Crippen LogP contribution < -0.4 is 0 Å². The number of rotatable bonds is 3. The third kappa shape index (κ3) is 3.27. The minimum Gasteiger partial charge on any atom is -0.478 e. The second kappa shape index (κ2) is 5.27. The Labute approximate surface area is 101 Å². The van der Waals surface area contributed by atoms with Crippen LogP contribution in [0.15, 0.2) is 18.3 Å². The second-order valence-electron chi connectivity index (χ2n) is 4.80. The summed E-state index contributed by atoms with van der Waals surface area (Å²) in [6, 6.07) is 3.43. The van der Waals surface area contributed by atoms with E-state index in [1.807, 2.05) is 6.07 Å². The van der Waals surface area contributed by atoms with Gasteiger partial charge in [-0.2, -0.15) is 0 Å². The van der Waals surface area contributed by atoms with Crippen molar-refractivity contribution in [2.45, 2.75) is 26.3 Å². The number of hydrogen-bond acceptors (Lipinski definition) is 3. The molecule has 2 heterocycles. The van der Waals surface area contributed by atoms with Gasteiger partial charge in [-0.25, -0.2) is 4.79 Å². The Morgan fingerprint density at radius 1 is 1.47 bits per heavy atom. The van der Waals surface area contributed by atoms with Gasteiger partial charge >= 0.3 is 5.97 Å². The number of carbonyl (C=O) groups is 1. The van der Waals surface area contributed by atoms with E-state index in [1.54, 1.807) is 6.07 Å². The van der Waals surface area contributed by atoms with Crippen molar-refractivity contribution in [2.75, 3.05) is 13.1 Å². The first-order valence-corrected chi connectivity index (χ1v) is 6.05. The summed E-state index contributed by atoms with van der Waals surface area (Å²) in [6.07, 6.45) is 3.92. The van der Waals surface area contributed by atoms with E-state index in [1.165, 1.54) is 19.0 Å². The smallest absolute Gasteiger partial charge is 0.337 e. The van der Waals surface area contributed by atoms with Crippen LogP contribution >= 0.6 is 0 Å². The van der Waals surface area contributed by atoms with Crippen LogP contribution in [0.25, 0.3) is 0 Å². The molecule has 1 aliphatic rings. The number of piperidine rings is 1. The summed E-state index contributed by atoms with van der Waals surface area (Å²) in [5.41, 5.74) is 1.20. The lowest BCUT2D eigenvalue weighted by Crippen LogP contribution is -2.32. The molecule has 4 nitrogen and oxygen atoms in total. The van der Waals surface area contributed by atoms with Crippen LogP contribution in [0.2, 0.25) is 0 Å². The molecule has 1 aromatic heterocycles. The van der Waals surface area contributed by atoms with Gasteiger partial charge in [0.15, 0.2) is 0 Å². The number of nitrogens with zero attached hydrogens (tertiary/aromatic N) is 2. The van der Waals surface area contributed by atoms with Crippen molar-refractivity contribution >= 4 is 5.97 Å². The van der Waals surface area contributed by atoms with Crippen LogP contribution in [0.4, 0.5) is 0 Å². The molecule has 0 aromatic carbocycles. The number of pyridine rings is 1. The molecule has 1 aromatic rings. The fraction of sp³-hybridized carbons (Fsp3) is 0.538. The van der Waals surface area contributed by atoms with Crippen LogP contribution in [0, 0.1) is 5.92 Å². The molecular formula is C13H18N2O2. The van der Waals surface area contributed by atoms with E-state index in [-0.39, 0.29) is 5.56 Å². The third-order valence-electron chi connectivity index (χ3n) is 3.33.